The molecule has 4 rings (SSSR count). The van der Waals surface area contributed by atoms with Crippen molar-refractivity contribution in [1.29, 1.82) is 0 Å². The van der Waals surface area contributed by atoms with Crippen molar-refractivity contribution in [2.45, 2.75) is 13.2 Å². The minimum atomic E-state index is -0.601. The van der Waals surface area contributed by atoms with E-state index < -0.39 is 17.8 Å². The lowest BCUT2D eigenvalue weighted by atomic mass is 10.1. The van der Waals surface area contributed by atoms with E-state index in [9.17, 15) is 14.0 Å². The fraction of sp³-hybridized carbons (Fsp3) is 0.120. The second kappa shape index (κ2) is 10.6. The van der Waals surface area contributed by atoms with Gasteiger partial charge in [0.25, 0.3) is 5.91 Å². The molecule has 0 spiro atoms. The summed E-state index contributed by atoms with van der Waals surface area (Å²) in [4.78, 5) is 26.2. The topological polar surface area (TPSA) is 67.9 Å². The largest absolute Gasteiger partial charge is 0.493 e. The summed E-state index contributed by atoms with van der Waals surface area (Å²) < 4.78 is 27.3. The van der Waals surface area contributed by atoms with Crippen molar-refractivity contribution in [2.75, 3.05) is 7.11 Å². The molecule has 1 fully saturated rings. The zero-order chi connectivity index (χ0) is 24.2. The average Bonchev–Trinajstić information content (AvgIpc) is 3.07. The number of nitrogens with one attached hydrogen (secondary N) is 1. The Kier molecular flexibility index (Phi) is 7.52. The first-order valence-corrected chi connectivity index (χ1v) is 12.1. The number of nitrogens with zero attached hydrogens (tertiary/aromatic N) is 1. The number of rotatable bonds is 7. The molecule has 0 aromatic heterocycles. The minimum absolute atomic E-state index is 0.0997. The molecule has 0 bridgehead atoms. The van der Waals surface area contributed by atoms with Gasteiger partial charge >= 0.3 is 6.03 Å². The van der Waals surface area contributed by atoms with E-state index in [1.807, 2.05) is 30.3 Å². The lowest BCUT2D eigenvalue weighted by Gasteiger charge is -2.14. The Morgan fingerprint density at radius 2 is 1.85 bits per heavy atom. The second-order valence-corrected chi connectivity index (χ2v) is 9.50. The average molecular weight is 637 g/mol. The van der Waals surface area contributed by atoms with Crippen molar-refractivity contribution in [2.24, 2.45) is 0 Å². The Morgan fingerprint density at radius 1 is 1.12 bits per heavy atom. The van der Waals surface area contributed by atoms with E-state index in [0.29, 0.717) is 23.7 Å². The summed E-state index contributed by atoms with van der Waals surface area (Å²) in [5.41, 5.74) is 2.01. The normalized spacial score (nSPS) is 14.5. The van der Waals surface area contributed by atoms with Crippen LogP contribution in [0, 0.1) is 9.39 Å². The van der Waals surface area contributed by atoms with Crippen LogP contribution in [0.25, 0.3) is 6.08 Å². The van der Waals surface area contributed by atoms with E-state index in [0.717, 1.165) is 18.5 Å². The Hall–Kier alpha value is -2.92. The minimum Gasteiger partial charge on any atom is -0.493 e. The third-order valence-electron chi connectivity index (χ3n) is 5.11. The number of benzene rings is 3. The van der Waals surface area contributed by atoms with E-state index in [1.54, 1.807) is 24.3 Å². The summed E-state index contributed by atoms with van der Waals surface area (Å²) in [5, 5.41) is 2.56. The van der Waals surface area contributed by atoms with Crippen molar-refractivity contribution < 1.29 is 23.5 Å². The first-order valence-electron chi connectivity index (χ1n) is 10.2. The van der Waals surface area contributed by atoms with E-state index in [4.69, 9.17) is 9.47 Å². The van der Waals surface area contributed by atoms with Gasteiger partial charge in [-0.3, -0.25) is 9.69 Å². The van der Waals surface area contributed by atoms with Gasteiger partial charge in [-0.25, -0.2) is 9.18 Å². The van der Waals surface area contributed by atoms with Crippen LogP contribution in [0.15, 0.2) is 70.8 Å². The summed E-state index contributed by atoms with van der Waals surface area (Å²) >= 11 is 5.55. The van der Waals surface area contributed by atoms with Crippen LogP contribution in [0.5, 0.6) is 11.5 Å². The van der Waals surface area contributed by atoms with Gasteiger partial charge in [-0.15, -0.1) is 0 Å². The zero-order valence-electron chi connectivity index (χ0n) is 18.0. The number of hydrogen-bond donors (Lipinski definition) is 1. The summed E-state index contributed by atoms with van der Waals surface area (Å²) in [6.07, 6.45) is 1.56. The van der Waals surface area contributed by atoms with Crippen LogP contribution < -0.4 is 14.8 Å². The molecular formula is C25H19BrFIN2O4. The van der Waals surface area contributed by atoms with Gasteiger partial charge in [0.05, 0.1) is 17.2 Å². The van der Waals surface area contributed by atoms with Gasteiger partial charge in [0, 0.05) is 10.0 Å². The van der Waals surface area contributed by atoms with Crippen molar-refractivity contribution in [3.8, 4) is 11.5 Å². The number of imide groups is 1. The van der Waals surface area contributed by atoms with Gasteiger partial charge in [-0.05, 0) is 70.1 Å². The molecule has 6 nitrogen and oxygen atoms in total. The molecule has 0 aliphatic carbocycles. The number of halogens is 3. The highest BCUT2D eigenvalue weighted by molar-refractivity contribution is 14.1. The van der Waals surface area contributed by atoms with E-state index in [1.165, 1.54) is 19.2 Å². The number of carbonyl (C=O) groups excluding carboxylic acids is 2. The molecule has 174 valence electrons. The number of methoxy groups -OCH3 is 1. The van der Waals surface area contributed by atoms with Crippen LogP contribution in [-0.4, -0.2) is 23.9 Å². The standard InChI is InChI=1S/C25H19BrFIN2O4/c1-33-22-12-16(10-20(28)23(22)34-14-15-6-8-18(26)9-7-15)11-21-24(31)30(25(32)29-21)13-17-4-2-3-5-19(17)27/h2-12H,13-14H2,1H3,(H,29,32)/b21-11+. The molecule has 1 heterocycles. The molecule has 0 saturated carbocycles. The van der Waals surface area contributed by atoms with E-state index >= 15 is 0 Å². The van der Waals surface area contributed by atoms with Gasteiger partial charge in [0.15, 0.2) is 11.5 Å². The van der Waals surface area contributed by atoms with Gasteiger partial charge in [0.1, 0.15) is 18.1 Å². The van der Waals surface area contributed by atoms with Crippen molar-refractivity contribution >= 4 is 56.5 Å². The van der Waals surface area contributed by atoms with Crippen LogP contribution in [0.4, 0.5) is 9.18 Å². The summed E-state index contributed by atoms with van der Waals surface area (Å²) in [6, 6.07) is 16.8. The molecule has 1 N–H and O–H groups in total. The quantitative estimate of drug-likeness (QED) is 0.200. The smallest absolute Gasteiger partial charge is 0.329 e. The third-order valence-corrected chi connectivity index (χ3v) is 6.44. The van der Waals surface area contributed by atoms with Crippen LogP contribution in [-0.2, 0) is 17.9 Å². The molecule has 3 aromatic carbocycles. The highest BCUT2D eigenvalue weighted by atomic mass is 127. The fourth-order valence-corrected chi connectivity index (χ4v) is 4.42. The highest BCUT2D eigenvalue weighted by Crippen LogP contribution is 2.35. The Morgan fingerprint density at radius 3 is 2.56 bits per heavy atom. The molecule has 34 heavy (non-hydrogen) atoms. The molecule has 9 heteroatoms. The number of carbonyl (C=O) groups is 2. The number of urea groups is 1. The molecule has 0 radical (unpaired) electrons. The van der Waals surface area contributed by atoms with Gasteiger partial charge in [-0.1, -0.05) is 46.3 Å². The maximum absolute atomic E-state index is 14.0. The predicted octanol–water partition coefficient (Wildman–Crippen LogP) is 5.87. The SMILES string of the molecule is COc1cc(/C=C2/NC(=O)N(Cc3ccccc3F)C2=O)cc(I)c1OCc1ccc(Br)cc1. The van der Waals surface area contributed by atoms with Crippen molar-refractivity contribution in [3.05, 3.63) is 96.9 Å². The first kappa shape index (κ1) is 24.2. The molecular weight excluding hydrogens is 618 g/mol. The van der Waals surface area contributed by atoms with Crippen LogP contribution >= 0.6 is 38.5 Å². The van der Waals surface area contributed by atoms with Gasteiger partial charge in [-0.2, -0.15) is 0 Å². The summed E-state index contributed by atoms with van der Waals surface area (Å²) in [5.74, 6) is 0.0725. The molecule has 3 aromatic rings. The molecule has 1 saturated heterocycles. The van der Waals surface area contributed by atoms with Gasteiger partial charge < -0.3 is 14.8 Å². The van der Waals surface area contributed by atoms with Gasteiger partial charge in [0.2, 0.25) is 0 Å². The lowest BCUT2D eigenvalue weighted by molar-refractivity contribution is -0.123. The van der Waals surface area contributed by atoms with Crippen LogP contribution in [0.3, 0.4) is 0 Å². The van der Waals surface area contributed by atoms with E-state index in [2.05, 4.69) is 43.8 Å². The number of ether oxygens (including phenoxy) is 2. The van der Waals surface area contributed by atoms with Crippen molar-refractivity contribution in [3.63, 3.8) is 0 Å². The second-order valence-electron chi connectivity index (χ2n) is 7.42. The Labute approximate surface area is 218 Å². The number of hydrogen-bond acceptors (Lipinski definition) is 4. The molecule has 3 amide bonds. The molecule has 1 aliphatic rings. The molecule has 1 aliphatic heterocycles. The highest BCUT2D eigenvalue weighted by Gasteiger charge is 2.34. The molecule has 0 unspecified atom stereocenters. The summed E-state index contributed by atoms with van der Waals surface area (Å²) in [6.45, 7) is 0.206. The first-order chi connectivity index (χ1) is 16.4. The van der Waals surface area contributed by atoms with Crippen LogP contribution in [0.2, 0.25) is 0 Å². The summed E-state index contributed by atoms with van der Waals surface area (Å²) in [7, 11) is 1.54. The van der Waals surface area contributed by atoms with Crippen LogP contribution in [0.1, 0.15) is 16.7 Å². The predicted molar refractivity (Wildman–Crippen MR) is 138 cm³/mol. The third kappa shape index (κ3) is 5.41. The zero-order valence-corrected chi connectivity index (χ0v) is 21.7. The Bertz CT molecular complexity index is 1280. The fourth-order valence-electron chi connectivity index (χ4n) is 3.38. The monoisotopic (exact) mass is 636 g/mol. The number of amides is 3. The Balaban J connectivity index is 1.53. The maximum Gasteiger partial charge on any atom is 0.329 e. The van der Waals surface area contributed by atoms with E-state index in [-0.39, 0.29) is 17.8 Å². The molecule has 0 atom stereocenters. The lowest BCUT2D eigenvalue weighted by Crippen LogP contribution is -2.30. The maximum atomic E-state index is 14.0. The van der Waals surface area contributed by atoms with Crippen molar-refractivity contribution in [1.82, 2.24) is 10.2 Å².